The van der Waals surface area contributed by atoms with Crippen LogP contribution in [0.15, 0.2) is 30.3 Å². The third-order valence-corrected chi connectivity index (χ3v) is 15.6. The summed E-state index contributed by atoms with van der Waals surface area (Å²) in [4.78, 5) is 74.8. The highest BCUT2D eigenvalue weighted by atomic mass is 33.1. The zero-order valence-electron chi connectivity index (χ0n) is 40.4. The molecular formula is C47H79N5O9S2. The number of nitrogens with one attached hydrogen (secondary N) is 1. The Hall–Kier alpha value is -3.18. The number of carbonyl (C=O) groups excluding carboxylic acids is 5. The number of amidine groups is 1. The Balaban J connectivity index is 2.26. The van der Waals surface area contributed by atoms with Gasteiger partial charge in [0, 0.05) is 59.5 Å². The number of methoxy groups -OCH3 is 2. The van der Waals surface area contributed by atoms with Crippen LogP contribution in [0.2, 0.25) is 0 Å². The highest BCUT2D eigenvalue weighted by molar-refractivity contribution is 8.82. The lowest BCUT2D eigenvalue weighted by Crippen LogP contribution is -2.54. The fourth-order valence-corrected chi connectivity index (χ4v) is 10.3. The van der Waals surface area contributed by atoms with Crippen molar-refractivity contribution in [2.45, 2.75) is 149 Å². The summed E-state index contributed by atoms with van der Waals surface area (Å²) < 4.78 is 17.1. The lowest BCUT2D eigenvalue weighted by Gasteiger charge is -2.41. The second kappa shape index (κ2) is 26.1. The third-order valence-electron chi connectivity index (χ3n) is 12.7. The van der Waals surface area contributed by atoms with Crippen molar-refractivity contribution in [1.82, 2.24) is 14.7 Å². The maximum atomic E-state index is 14.6. The number of amides is 3. The van der Waals surface area contributed by atoms with E-state index in [2.05, 4.69) is 0 Å². The van der Waals surface area contributed by atoms with Gasteiger partial charge in [-0.15, -0.1) is 0 Å². The number of hydrogen-bond acceptors (Lipinski definition) is 12. The number of aliphatic hydroxyl groups is 1. The highest BCUT2D eigenvalue weighted by Gasteiger charge is 2.44. The zero-order chi connectivity index (χ0) is 47.9. The van der Waals surface area contributed by atoms with E-state index >= 15 is 0 Å². The van der Waals surface area contributed by atoms with Crippen molar-refractivity contribution in [3.63, 3.8) is 0 Å². The Labute approximate surface area is 385 Å². The van der Waals surface area contributed by atoms with Crippen molar-refractivity contribution in [1.29, 1.82) is 5.41 Å². The van der Waals surface area contributed by atoms with Crippen LogP contribution >= 0.6 is 21.6 Å². The molecule has 1 heterocycles. The van der Waals surface area contributed by atoms with Gasteiger partial charge >= 0.3 is 6.09 Å². The molecule has 1 aromatic carbocycles. The van der Waals surface area contributed by atoms with E-state index in [0.717, 1.165) is 22.8 Å². The summed E-state index contributed by atoms with van der Waals surface area (Å²) in [7, 11) is 8.76. The van der Waals surface area contributed by atoms with Gasteiger partial charge in [0.2, 0.25) is 11.8 Å². The molecule has 358 valence electrons. The summed E-state index contributed by atoms with van der Waals surface area (Å²) in [5.41, 5.74) is 6.24. The number of carbonyl (C=O) groups is 5. The fourth-order valence-electron chi connectivity index (χ4n) is 8.81. The molecule has 3 amide bonds. The predicted octanol–water partition coefficient (Wildman–Crippen LogP) is 7.61. The Kier molecular flexibility index (Phi) is 23.2. The normalized spacial score (nSPS) is 18.7. The van der Waals surface area contributed by atoms with Gasteiger partial charge < -0.3 is 39.8 Å². The summed E-state index contributed by atoms with van der Waals surface area (Å²) in [5.74, 6) is -2.83. The third kappa shape index (κ3) is 16.0. The van der Waals surface area contributed by atoms with E-state index in [1.54, 1.807) is 31.1 Å². The van der Waals surface area contributed by atoms with Gasteiger partial charge in [-0.1, -0.05) is 103 Å². The molecule has 0 aromatic heterocycles. The zero-order valence-corrected chi connectivity index (χ0v) is 42.1. The van der Waals surface area contributed by atoms with Gasteiger partial charge in [0.05, 0.1) is 47.6 Å². The number of nitrogens with zero attached hydrogens (tertiary/aromatic N) is 3. The van der Waals surface area contributed by atoms with Gasteiger partial charge in [0.25, 0.3) is 0 Å². The van der Waals surface area contributed by atoms with Gasteiger partial charge in [0.1, 0.15) is 12.4 Å². The van der Waals surface area contributed by atoms with Crippen molar-refractivity contribution in [3.05, 3.63) is 35.9 Å². The molecule has 10 atom stereocenters. The molecule has 1 aliphatic rings. The van der Waals surface area contributed by atoms with E-state index in [0.29, 0.717) is 19.4 Å². The SMILES string of the molecule is CC[C@H](C)[C@@H]([C@@H](CC(=O)N1CCC[C@H]1[C@H](OC)[C@@H](C)C(=O)C[C@H](C)[C@@H](O)c1ccccc1)OC)N(C)C(=O)[C@@H](CC(=O)[C@H](C(C)C)N(C)C(=O)OCC(C)(C)SSC(=N)N)C(C)C. The lowest BCUT2D eigenvalue weighted by atomic mass is 9.83. The maximum absolute atomic E-state index is 14.6. The molecule has 0 aliphatic carbocycles. The number of ether oxygens (including phenoxy) is 3. The van der Waals surface area contributed by atoms with Crippen LogP contribution in [0, 0.1) is 40.9 Å². The molecule has 0 spiro atoms. The number of hydrogen-bond donors (Lipinski definition) is 3. The number of nitrogens with two attached hydrogens (primary N) is 1. The van der Waals surface area contributed by atoms with E-state index < -0.39 is 53.1 Å². The minimum atomic E-state index is -0.847. The number of aliphatic hydroxyl groups excluding tert-OH is 1. The molecule has 0 radical (unpaired) electrons. The maximum Gasteiger partial charge on any atom is 0.410 e. The lowest BCUT2D eigenvalue weighted by molar-refractivity contribution is -0.149. The second-order valence-electron chi connectivity index (χ2n) is 18.8. The molecule has 0 bridgehead atoms. The van der Waals surface area contributed by atoms with Crippen LogP contribution in [0.5, 0.6) is 0 Å². The van der Waals surface area contributed by atoms with Crippen molar-refractivity contribution in [2.24, 2.45) is 41.2 Å². The second-order valence-corrected chi connectivity index (χ2v) is 21.6. The van der Waals surface area contributed by atoms with Crippen LogP contribution in [0.3, 0.4) is 0 Å². The first kappa shape index (κ1) is 56.0. The smallest absolute Gasteiger partial charge is 0.410 e. The standard InChI is InChI=1S/C47H79N5O9S2/c1-15-30(6)41(50(11)44(57)34(28(2)3)25-37(54)40(29(4)5)51(12)46(58)61-27-47(9,10)63-62-45(48)49)38(59-13)26-39(55)52-23-19-22-35(52)43(60-14)32(8)36(53)24-31(7)42(56)33-20-17-16-18-21-33/h16-18,20-21,28-32,34-35,38,40-43,56H,15,19,22-27H2,1-14H3,(H3,48,49)/t30-,31-,32-,34-,35-,38+,40-,41-,42+,43+/m0/s1. The van der Waals surface area contributed by atoms with E-state index in [-0.39, 0.29) is 84.1 Å². The molecule has 1 saturated heterocycles. The first-order chi connectivity index (χ1) is 29.4. The number of likely N-dealkylation sites (tertiary alicyclic amines) is 1. The van der Waals surface area contributed by atoms with Crippen LogP contribution < -0.4 is 5.73 Å². The molecule has 1 aromatic rings. The number of ketones is 2. The van der Waals surface area contributed by atoms with Crippen LogP contribution in [0.25, 0.3) is 0 Å². The van der Waals surface area contributed by atoms with Crippen molar-refractivity contribution >= 4 is 56.2 Å². The topological polar surface area (TPSA) is 193 Å². The molecule has 63 heavy (non-hydrogen) atoms. The Morgan fingerprint density at radius 2 is 1.52 bits per heavy atom. The van der Waals surface area contributed by atoms with Crippen LogP contribution in [0.1, 0.15) is 119 Å². The summed E-state index contributed by atoms with van der Waals surface area (Å²) in [5, 5.41) is 18.4. The Morgan fingerprint density at radius 3 is 2.05 bits per heavy atom. The van der Waals surface area contributed by atoms with Gasteiger partial charge in [-0.3, -0.25) is 24.6 Å². The monoisotopic (exact) mass is 922 g/mol. The van der Waals surface area contributed by atoms with E-state index in [1.807, 2.05) is 99.6 Å². The molecule has 0 unspecified atom stereocenters. The van der Waals surface area contributed by atoms with Gasteiger partial charge in [-0.25, -0.2) is 4.79 Å². The predicted molar refractivity (Wildman–Crippen MR) is 253 cm³/mol. The molecule has 16 heteroatoms. The number of benzene rings is 1. The van der Waals surface area contributed by atoms with Crippen molar-refractivity contribution in [2.75, 3.05) is 41.5 Å². The molecule has 14 nitrogen and oxygen atoms in total. The van der Waals surface area contributed by atoms with Crippen LogP contribution in [-0.2, 0) is 33.4 Å². The molecular weight excluding hydrogens is 843 g/mol. The summed E-state index contributed by atoms with van der Waals surface area (Å²) in [6.07, 6.45) is -0.517. The van der Waals surface area contributed by atoms with E-state index in [1.165, 1.54) is 22.7 Å². The average Bonchev–Trinajstić information content (AvgIpc) is 3.73. The first-order valence-electron chi connectivity index (χ1n) is 22.4. The molecule has 0 saturated carbocycles. The molecule has 1 aliphatic heterocycles. The first-order valence-corrected chi connectivity index (χ1v) is 24.6. The number of Topliss-reactive ketones (excluding diaryl/α,β-unsaturated/α-hetero) is 2. The summed E-state index contributed by atoms with van der Waals surface area (Å²) in [6.45, 7) is 19.5. The van der Waals surface area contributed by atoms with Gasteiger partial charge in [-0.05, 0) is 66.7 Å². The highest BCUT2D eigenvalue weighted by Crippen LogP contribution is 2.36. The average molecular weight is 922 g/mol. The van der Waals surface area contributed by atoms with Crippen molar-refractivity contribution in [3.8, 4) is 0 Å². The van der Waals surface area contributed by atoms with Gasteiger partial charge in [-0.2, -0.15) is 0 Å². The summed E-state index contributed by atoms with van der Waals surface area (Å²) in [6, 6.07) is 7.60. The summed E-state index contributed by atoms with van der Waals surface area (Å²) >= 11 is 0. The fraction of sp³-hybridized carbons (Fsp3) is 0.745. The van der Waals surface area contributed by atoms with Crippen LogP contribution in [-0.4, -0.2) is 131 Å². The van der Waals surface area contributed by atoms with E-state index in [4.69, 9.17) is 25.4 Å². The van der Waals surface area contributed by atoms with E-state index in [9.17, 15) is 29.1 Å². The van der Waals surface area contributed by atoms with Gasteiger partial charge in [0.15, 0.2) is 11.0 Å². The number of likely N-dealkylation sites (N-methyl/N-ethyl adjacent to an activating group) is 2. The largest absolute Gasteiger partial charge is 0.448 e. The quantitative estimate of drug-likeness (QED) is 0.0469. The minimum Gasteiger partial charge on any atom is -0.448 e. The molecule has 1 fully saturated rings. The Bertz CT molecular complexity index is 1650. The number of rotatable bonds is 26. The molecule has 4 N–H and O–H groups in total. The van der Waals surface area contributed by atoms with Crippen molar-refractivity contribution < 1.29 is 43.3 Å². The van der Waals surface area contributed by atoms with Crippen LogP contribution in [0.4, 0.5) is 4.79 Å². The minimum absolute atomic E-state index is 0.00491. The molecule has 2 rings (SSSR count). The Morgan fingerprint density at radius 1 is 0.905 bits per heavy atom.